The van der Waals surface area contributed by atoms with Gasteiger partial charge in [-0.15, -0.1) is 0 Å². The predicted molar refractivity (Wildman–Crippen MR) is 104 cm³/mol. The molecule has 1 aromatic carbocycles. The van der Waals surface area contributed by atoms with Gasteiger partial charge in [-0.25, -0.2) is 4.98 Å². The van der Waals surface area contributed by atoms with Crippen LogP contribution in [0.2, 0.25) is 0 Å². The number of rotatable bonds is 7. The Morgan fingerprint density at radius 1 is 1.35 bits per heavy atom. The molecule has 0 saturated heterocycles. The van der Waals surface area contributed by atoms with E-state index in [4.69, 9.17) is 0 Å². The zero-order valence-corrected chi connectivity index (χ0v) is 16.5. The Balaban J connectivity index is 2.05. The fraction of sp³-hybridized carbons (Fsp3) is 0.444. The first-order valence-electron chi connectivity index (χ1n) is 8.40. The van der Waals surface area contributed by atoms with Gasteiger partial charge in [0.2, 0.25) is 5.91 Å². The summed E-state index contributed by atoms with van der Waals surface area (Å²) in [4.78, 5) is 27.3. The summed E-state index contributed by atoms with van der Waals surface area (Å²) in [5.74, 6) is 0.446. The van der Waals surface area contributed by atoms with Gasteiger partial charge in [0.05, 0.1) is 16.4 Å². The number of nitro benzene ring substituents is 1. The van der Waals surface area contributed by atoms with Crippen molar-refractivity contribution in [2.45, 2.75) is 46.3 Å². The van der Waals surface area contributed by atoms with Crippen LogP contribution in [0.1, 0.15) is 30.8 Å². The molecule has 0 bridgehead atoms. The fourth-order valence-corrected chi connectivity index (χ4v) is 3.43. The van der Waals surface area contributed by atoms with E-state index in [1.54, 1.807) is 19.1 Å². The Morgan fingerprint density at radius 3 is 2.65 bits per heavy atom. The summed E-state index contributed by atoms with van der Waals surface area (Å²) in [6, 6.07) is 4.67. The van der Waals surface area contributed by atoms with Crippen molar-refractivity contribution in [1.29, 1.82) is 0 Å². The fourth-order valence-electron chi connectivity index (χ4n) is 2.52. The predicted octanol–water partition coefficient (Wildman–Crippen LogP) is 4.10. The Labute approximate surface area is 157 Å². The third kappa shape index (κ3) is 4.85. The largest absolute Gasteiger partial charge is 0.325 e. The van der Waals surface area contributed by atoms with Crippen LogP contribution in [-0.4, -0.2) is 26.1 Å². The highest BCUT2D eigenvalue weighted by atomic mass is 32.2. The highest BCUT2D eigenvalue weighted by Crippen LogP contribution is 2.24. The van der Waals surface area contributed by atoms with E-state index in [2.05, 4.69) is 28.7 Å². The van der Waals surface area contributed by atoms with Crippen LogP contribution in [0.25, 0.3) is 0 Å². The van der Waals surface area contributed by atoms with E-state index >= 15 is 0 Å². The molecule has 0 atom stereocenters. The average molecular weight is 376 g/mol. The van der Waals surface area contributed by atoms with Crippen molar-refractivity contribution >= 4 is 29.0 Å². The summed E-state index contributed by atoms with van der Waals surface area (Å²) in [5.41, 5.74) is 3.04. The number of imidazole rings is 1. The van der Waals surface area contributed by atoms with Crippen LogP contribution in [0.5, 0.6) is 0 Å². The van der Waals surface area contributed by atoms with Crippen LogP contribution in [0.3, 0.4) is 0 Å². The van der Waals surface area contributed by atoms with Crippen molar-refractivity contribution in [2.75, 3.05) is 11.1 Å². The number of aromatic nitrogens is 2. The van der Waals surface area contributed by atoms with Gasteiger partial charge < -0.3 is 9.88 Å². The lowest BCUT2D eigenvalue weighted by Crippen LogP contribution is -2.15. The number of thioether (sulfide) groups is 1. The second kappa shape index (κ2) is 8.35. The SMILES string of the molecule is Cc1ccc(NC(=O)CSc2nc(C)c(C)n2CC(C)C)cc1[N+](=O)[O-]. The molecule has 0 fully saturated rings. The summed E-state index contributed by atoms with van der Waals surface area (Å²) in [6.45, 7) is 10.8. The van der Waals surface area contributed by atoms with Gasteiger partial charge in [-0.2, -0.15) is 0 Å². The standard InChI is InChI=1S/C18H24N4O3S/c1-11(2)9-21-14(5)13(4)19-18(21)26-10-17(23)20-15-7-6-12(3)16(8-15)22(24)25/h6-8,11H,9-10H2,1-5H3,(H,20,23). The number of carbonyl (C=O) groups is 1. The number of nitro groups is 1. The van der Waals surface area contributed by atoms with E-state index in [1.165, 1.54) is 17.8 Å². The molecule has 0 aliphatic carbocycles. The van der Waals surface area contributed by atoms with Crippen molar-refractivity contribution in [3.05, 3.63) is 45.3 Å². The van der Waals surface area contributed by atoms with Crippen LogP contribution in [0.4, 0.5) is 11.4 Å². The first-order chi connectivity index (χ1) is 12.2. The number of nitrogens with zero attached hydrogens (tertiary/aromatic N) is 3. The Kier molecular flexibility index (Phi) is 6.42. The first kappa shape index (κ1) is 20.0. The lowest BCUT2D eigenvalue weighted by atomic mass is 10.2. The second-order valence-corrected chi connectivity index (χ2v) is 7.61. The average Bonchev–Trinajstić information content (AvgIpc) is 2.82. The molecule has 0 unspecified atom stereocenters. The van der Waals surface area contributed by atoms with Crippen LogP contribution < -0.4 is 5.32 Å². The smallest absolute Gasteiger partial charge is 0.274 e. The van der Waals surface area contributed by atoms with E-state index in [0.29, 0.717) is 17.2 Å². The zero-order valence-electron chi connectivity index (χ0n) is 15.7. The molecule has 140 valence electrons. The maximum atomic E-state index is 12.2. The van der Waals surface area contributed by atoms with Crippen molar-refractivity contribution in [1.82, 2.24) is 9.55 Å². The minimum atomic E-state index is -0.450. The summed E-state index contributed by atoms with van der Waals surface area (Å²) >= 11 is 1.37. The van der Waals surface area contributed by atoms with E-state index in [0.717, 1.165) is 23.1 Å². The van der Waals surface area contributed by atoms with Crippen molar-refractivity contribution in [2.24, 2.45) is 5.92 Å². The molecular weight excluding hydrogens is 352 g/mol. The third-order valence-corrected chi connectivity index (χ3v) is 4.97. The number of hydrogen-bond donors (Lipinski definition) is 1. The Bertz CT molecular complexity index is 830. The molecular formula is C18H24N4O3S. The molecule has 1 amide bonds. The topological polar surface area (TPSA) is 90.1 Å². The normalized spacial score (nSPS) is 11.0. The number of amides is 1. The van der Waals surface area contributed by atoms with Crippen molar-refractivity contribution in [3.63, 3.8) is 0 Å². The first-order valence-corrected chi connectivity index (χ1v) is 9.39. The van der Waals surface area contributed by atoms with Crippen LogP contribution >= 0.6 is 11.8 Å². The molecule has 0 saturated carbocycles. The lowest BCUT2D eigenvalue weighted by molar-refractivity contribution is -0.385. The van der Waals surface area contributed by atoms with E-state index in [1.807, 2.05) is 13.8 Å². The molecule has 8 heteroatoms. The number of aryl methyl sites for hydroxylation is 2. The van der Waals surface area contributed by atoms with Gasteiger partial charge in [-0.3, -0.25) is 14.9 Å². The second-order valence-electron chi connectivity index (χ2n) is 6.66. The molecule has 7 nitrogen and oxygen atoms in total. The summed E-state index contributed by atoms with van der Waals surface area (Å²) in [7, 11) is 0. The van der Waals surface area contributed by atoms with Crippen LogP contribution in [0.15, 0.2) is 23.4 Å². The lowest BCUT2D eigenvalue weighted by Gasteiger charge is -2.12. The van der Waals surface area contributed by atoms with Gasteiger partial charge in [-0.1, -0.05) is 31.7 Å². The molecule has 1 N–H and O–H groups in total. The van der Waals surface area contributed by atoms with Gasteiger partial charge in [0.25, 0.3) is 5.69 Å². The van der Waals surface area contributed by atoms with Gasteiger partial charge in [0.1, 0.15) is 0 Å². The number of benzene rings is 1. The molecule has 2 aromatic rings. The van der Waals surface area contributed by atoms with Gasteiger partial charge in [0.15, 0.2) is 5.16 Å². The maximum Gasteiger partial charge on any atom is 0.274 e. The monoisotopic (exact) mass is 376 g/mol. The molecule has 0 aliphatic heterocycles. The summed E-state index contributed by atoms with van der Waals surface area (Å²) < 4.78 is 2.13. The molecule has 0 spiro atoms. The quantitative estimate of drug-likeness (QED) is 0.446. The maximum absolute atomic E-state index is 12.2. The minimum absolute atomic E-state index is 0.00539. The Hall–Kier alpha value is -2.35. The molecule has 2 rings (SSSR count). The van der Waals surface area contributed by atoms with E-state index in [9.17, 15) is 14.9 Å². The molecule has 1 aromatic heterocycles. The van der Waals surface area contributed by atoms with E-state index < -0.39 is 4.92 Å². The molecule has 26 heavy (non-hydrogen) atoms. The third-order valence-electron chi connectivity index (χ3n) is 3.99. The summed E-state index contributed by atoms with van der Waals surface area (Å²) in [5, 5.41) is 14.5. The number of nitrogens with one attached hydrogen (secondary N) is 1. The van der Waals surface area contributed by atoms with Gasteiger partial charge >= 0.3 is 0 Å². The van der Waals surface area contributed by atoms with Gasteiger partial charge in [0, 0.05) is 29.6 Å². The number of hydrogen-bond acceptors (Lipinski definition) is 5. The highest BCUT2D eigenvalue weighted by molar-refractivity contribution is 7.99. The van der Waals surface area contributed by atoms with Crippen molar-refractivity contribution in [3.8, 4) is 0 Å². The van der Waals surface area contributed by atoms with E-state index in [-0.39, 0.29) is 17.3 Å². The van der Waals surface area contributed by atoms with Gasteiger partial charge in [-0.05, 0) is 32.8 Å². The molecule has 1 heterocycles. The Morgan fingerprint density at radius 2 is 2.04 bits per heavy atom. The minimum Gasteiger partial charge on any atom is -0.325 e. The number of carbonyl (C=O) groups excluding carboxylic acids is 1. The highest BCUT2D eigenvalue weighted by Gasteiger charge is 2.16. The van der Waals surface area contributed by atoms with Crippen molar-refractivity contribution < 1.29 is 9.72 Å². The van der Waals surface area contributed by atoms with Crippen LogP contribution in [0, 0.1) is 36.8 Å². The zero-order chi connectivity index (χ0) is 19.4. The molecule has 0 aliphatic rings. The summed E-state index contributed by atoms with van der Waals surface area (Å²) in [6.07, 6.45) is 0. The van der Waals surface area contributed by atoms with Crippen LogP contribution in [-0.2, 0) is 11.3 Å². The molecule has 0 radical (unpaired) electrons. The number of anilines is 1.